The van der Waals surface area contributed by atoms with Crippen LogP contribution in [0, 0.1) is 11.8 Å². The molecule has 11 rings (SSSR count). The summed E-state index contributed by atoms with van der Waals surface area (Å²) >= 11 is 0. The van der Waals surface area contributed by atoms with E-state index in [1.165, 1.54) is 38.8 Å². The van der Waals surface area contributed by atoms with Crippen molar-refractivity contribution in [3.63, 3.8) is 0 Å². The minimum Gasteiger partial charge on any atom is -0.456 e. The number of hydrogen-bond donors (Lipinski definition) is 0. The van der Waals surface area contributed by atoms with Crippen LogP contribution in [0.4, 0.5) is 11.4 Å². The van der Waals surface area contributed by atoms with E-state index < -0.39 is 0 Å². The van der Waals surface area contributed by atoms with Crippen LogP contribution < -0.4 is 4.90 Å². The normalized spacial score (nSPS) is 21.2. The maximum Gasteiger partial charge on any atom is 0.137 e. The standard InChI is InChI=1S/C50H37NO2/c1-2-11-33(12-3-1)39-29-30-44(49-41-16-7-9-19-46(41)53-50(39)49)51(43-17-10-20-47-48(43)40-15-6-8-18-45(40)52-47)37-27-25-32(26-28-37)36-24-23-35-22-21-34-13-4-5-14-38(34)42(35)31-36/h1-11,13-29,31,33-34,38,44H,12,30H2. The lowest BCUT2D eigenvalue weighted by molar-refractivity contribution is 0.562. The van der Waals surface area contributed by atoms with Crippen LogP contribution in [0.25, 0.3) is 55.7 Å². The van der Waals surface area contributed by atoms with E-state index in [2.05, 4.69) is 175 Å². The topological polar surface area (TPSA) is 29.5 Å². The monoisotopic (exact) mass is 683 g/mol. The van der Waals surface area contributed by atoms with Gasteiger partial charge in [0.1, 0.15) is 22.5 Å². The van der Waals surface area contributed by atoms with Crippen LogP contribution in [-0.4, -0.2) is 0 Å². The molecule has 0 fully saturated rings. The van der Waals surface area contributed by atoms with Crippen molar-refractivity contribution in [1.82, 2.24) is 0 Å². The number of allylic oxidation sites excluding steroid dienone is 10. The molecule has 5 aromatic carbocycles. The zero-order valence-corrected chi connectivity index (χ0v) is 29.2. The zero-order chi connectivity index (χ0) is 34.9. The van der Waals surface area contributed by atoms with Gasteiger partial charge in [0, 0.05) is 39.8 Å². The largest absolute Gasteiger partial charge is 0.456 e. The van der Waals surface area contributed by atoms with Crippen molar-refractivity contribution in [2.24, 2.45) is 11.8 Å². The summed E-state index contributed by atoms with van der Waals surface area (Å²) in [7, 11) is 0. The molecule has 0 amide bonds. The van der Waals surface area contributed by atoms with Gasteiger partial charge >= 0.3 is 0 Å². The highest BCUT2D eigenvalue weighted by Gasteiger charge is 2.36. The van der Waals surface area contributed by atoms with Crippen LogP contribution in [0.5, 0.6) is 0 Å². The molecule has 53 heavy (non-hydrogen) atoms. The molecular weight excluding hydrogens is 647 g/mol. The molecule has 0 radical (unpaired) electrons. The summed E-state index contributed by atoms with van der Waals surface area (Å²) in [5, 5.41) is 3.42. The number of nitrogens with zero attached hydrogens (tertiary/aromatic N) is 1. The Morgan fingerprint density at radius 1 is 0.604 bits per heavy atom. The van der Waals surface area contributed by atoms with Gasteiger partial charge in [-0.15, -0.1) is 0 Å². The van der Waals surface area contributed by atoms with Crippen molar-refractivity contribution in [2.75, 3.05) is 4.90 Å². The third kappa shape index (κ3) is 4.88. The fourth-order valence-electron chi connectivity index (χ4n) is 9.21. The number of fused-ring (bicyclic) bond motifs is 9. The fourth-order valence-corrected chi connectivity index (χ4v) is 9.21. The van der Waals surface area contributed by atoms with Gasteiger partial charge in [-0.1, -0.05) is 134 Å². The minimum atomic E-state index is -0.00997. The second kappa shape index (κ2) is 12.1. The van der Waals surface area contributed by atoms with Crippen molar-refractivity contribution in [3.8, 4) is 11.1 Å². The summed E-state index contributed by atoms with van der Waals surface area (Å²) in [6.45, 7) is 0. The van der Waals surface area contributed by atoms with Gasteiger partial charge in [0.2, 0.25) is 0 Å². The quantitative estimate of drug-likeness (QED) is 0.181. The molecule has 3 heteroatoms. The van der Waals surface area contributed by atoms with Crippen LogP contribution in [-0.2, 0) is 0 Å². The predicted octanol–water partition coefficient (Wildman–Crippen LogP) is 13.7. The number of para-hydroxylation sites is 2. The van der Waals surface area contributed by atoms with Crippen molar-refractivity contribution in [2.45, 2.75) is 24.8 Å². The second-order valence-corrected chi connectivity index (χ2v) is 14.6. The van der Waals surface area contributed by atoms with Crippen LogP contribution in [0.2, 0.25) is 0 Å². The average Bonchev–Trinajstić information content (AvgIpc) is 3.81. The molecule has 0 N–H and O–H groups in total. The molecule has 0 aliphatic heterocycles. The van der Waals surface area contributed by atoms with Gasteiger partial charge in [0.05, 0.1) is 17.1 Å². The molecule has 4 atom stereocenters. The Morgan fingerprint density at radius 2 is 1.38 bits per heavy atom. The molecule has 0 bridgehead atoms. The molecule has 0 saturated carbocycles. The van der Waals surface area contributed by atoms with Gasteiger partial charge in [-0.25, -0.2) is 0 Å². The number of hydrogen-bond acceptors (Lipinski definition) is 3. The highest BCUT2D eigenvalue weighted by atomic mass is 16.3. The number of rotatable bonds is 5. The molecule has 7 aromatic rings. The Balaban J connectivity index is 1.08. The molecule has 3 nitrogen and oxygen atoms in total. The molecule has 4 aliphatic carbocycles. The summed E-state index contributed by atoms with van der Waals surface area (Å²) in [6.07, 6.45) is 26.8. The van der Waals surface area contributed by atoms with E-state index in [4.69, 9.17) is 8.83 Å². The lowest BCUT2D eigenvalue weighted by atomic mass is 9.76. The van der Waals surface area contributed by atoms with Gasteiger partial charge in [-0.3, -0.25) is 0 Å². The van der Waals surface area contributed by atoms with E-state index in [0.29, 0.717) is 11.8 Å². The van der Waals surface area contributed by atoms with Crippen LogP contribution >= 0.6 is 0 Å². The molecule has 2 aromatic heterocycles. The first-order valence-electron chi connectivity index (χ1n) is 18.8. The van der Waals surface area contributed by atoms with Gasteiger partial charge in [-0.05, 0) is 83.1 Å². The molecule has 0 saturated heterocycles. The third-order valence-corrected chi connectivity index (χ3v) is 11.7. The number of benzene rings is 5. The Kier molecular flexibility index (Phi) is 6.94. The van der Waals surface area contributed by atoms with Gasteiger partial charge in [0.25, 0.3) is 0 Å². The average molecular weight is 684 g/mol. The Morgan fingerprint density at radius 3 is 2.25 bits per heavy atom. The van der Waals surface area contributed by atoms with Crippen molar-refractivity contribution in [1.29, 1.82) is 0 Å². The summed E-state index contributed by atoms with van der Waals surface area (Å²) in [6, 6.07) is 39.6. The van der Waals surface area contributed by atoms with Gasteiger partial charge < -0.3 is 13.7 Å². The first-order valence-corrected chi connectivity index (χ1v) is 18.8. The van der Waals surface area contributed by atoms with Crippen molar-refractivity contribution >= 4 is 55.9 Å². The summed E-state index contributed by atoms with van der Waals surface area (Å²) in [5.41, 5.74) is 12.7. The first-order chi connectivity index (χ1) is 26.3. The van der Waals surface area contributed by atoms with Crippen LogP contribution in [0.1, 0.15) is 47.3 Å². The molecule has 4 aliphatic rings. The summed E-state index contributed by atoms with van der Waals surface area (Å²) in [5.74, 6) is 2.09. The SMILES string of the molecule is C1=CCC(C2=CCC(N(c3ccc(-c4ccc5c(c4)C4C=CC=CC4C=C5)cc3)c3cccc4oc5ccccc5c34)c3c2oc2ccccc32)C=C1. The Labute approximate surface area is 308 Å². The molecular formula is C50H37NO2. The lowest BCUT2D eigenvalue weighted by Crippen LogP contribution is -2.26. The second-order valence-electron chi connectivity index (χ2n) is 14.6. The Bertz CT molecular complexity index is 2760. The van der Waals surface area contributed by atoms with Crippen LogP contribution in [0.15, 0.2) is 179 Å². The van der Waals surface area contributed by atoms with Crippen molar-refractivity contribution < 1.29 is 8.83 Å². The fraction of sp³-hybridized carbons (Fsp3) is 0.120. The maximum atomic E-state index is 6.83. The Hall–Kier alpha value is -6.32. The summed E-state index contributed by atoms with van der Waals surface area (Å²) in [4.78, 5) is 2.54. The van der Waals surface area contributed by atoms with E-state index in [1.807, 2.05) is 6.07 Å². The van der Waals surface area contributed by atoms with Gasteiger partial charge in [0.15, 0.2) is 0 Å². The van der Waals surface area contributed by atoms with Crippen LogP contribution in [0.3, 0.4) is 0 Å². The van der Waals surface area contributed by atoms with E-state index in [9.17, 15) is 0 Å². The molecule has 0 spiro atoms. The number of anilines is 2. The molecule has 2 heterocycles. The van der Waals surface area contributed by atoms with E-state index in [-0.39, 0.29) is 12.0 Å². The third-order valence-electron chi connectivity index (χ3n) is 11.7. The molecule has 4 unspecified atom stereocenters. The highest BCUT2D eigenvalue weighted by molar-refractivity contribution is 6.12. The maximum absolute atomic E-state index is 6.83. The summed E-state index contributed by atoms with van der Waals surface area (Å²) < 4.78 is 13.3. The highest BCUT2D eigenvalue weighted by Crippen LogP contribution is 2.51. The molecule has 254 valence electrons. The van der Waals surface area contributed by atoms with E-state index >= 15 is 0 Å². The number of furan rings is 2. The zero-order valence-electron chi connectivity index (χ0n) is 29.2. The first kappa shape index (κ1) is 30.3. The smallest absolute Gasteiger partial charge is 0.137 e. The van der Waals surface area contributed by atoms with Gasteiger partial charge in [-0.2, -0.15) is 0 Å². The van der Waals surface area contributed by atoms with E-state index in [0.717, 1.165) is 57.5 Å². The van der Waals surface area contributed by atoms with E-state index in [1.54, 1.807) is 0 Å². The van der Waals surface area contributed by atoms with Crippen molar-refractivity contribution in [3.05, 3.63) is 192 Å². The lowest BCUT2D eigenvalue weighted by Gasteiger charge is -2.37. The minimum absolute atomic E-state index is 0.00997. The predicted molar refractivity (Wildman–Crippen MR) is 219 cm³/mol.